The van der Waals surface area contributed by atoms with Gasteiger partial charge >= 0.3 is 0 Å². The molecular formula is C25H30N4O2+2. The predicted molar refractivity (Wildman–Crippen MR) is 122 cm³/mol. The zero-order valence-electron chi connectivity index (χ0n) is 17.9. The van der Waals surface area contributed by atoms with Crippen LogP contribution in [0.3, 0.4) is 0 Å². The third kappa shape index (κ3) is 5.48. The second-order valence-electron chi connectivity index (χ2n) is 8.35. The lowest BCUT2D eigenvalue weighted by Crippen LogP contribution is -3.28. The topological polar surface area (TPSA) is 70.6 Å². The number of fused-ring (bicyclic) bond motifs is 1. The molecule has 0 aromatic heterocycles. The molecule has 0 spiro atoms. The lowest BCUT2D eigenvalue weighted by atomic mass is 10.0. The molecule has 1 aliphatic heterocycles. The molecule has 0 radical (unpaired) electrons. The van der Waals surface area contributed by atoms with Crippen molar-refractivity contribution in [2.45, 2.75) is 13.5 Å². The summed E-state index contributed by atoms with van der Waals surface area (Å²) in [5.74, 6) is 0.0444. The molecule has 0 atom stereocenters. The number of benzene rings is 3. The van der Waals surface area contributed by atoms with Gasteiger partial charge in [0.05, 0.1) is 6.21 Å². The first-order chi connectivity index (χ1) is 15.1. The van der Waals surface area contributed by atoms with Crippen molar-refractivity contribution in [3.05, 3.63) is 77.4 Å². The zero-order valence-corrected chi connectivity index (χ0v) is 17.9. The van der Waals surface area contributed by atoms with Crippen LogP contribution >= 0.6 is 0 Å². The third-order valence-electron chi connectivity index (χ3n) is 5.98. The second kappa shape index (κ2) is 9.73. The number of piperazine rings is 1. The fourth-order valence-corrected chi connectivity index (χ4v) is 4.16. The van der Waals surface area contributed by atoms with Crippen molar-refractivity contribution in [2.75, 3.05) is 32.7 Å². The average Bonchev–Trinajstić information content (AvgIpc) is 2.78. The highest BCUT2D eigenvalue weighted by Crippen LogP contribution is 2.25. The zero-order chi connectivity index (χ0) is 21.6. The van der Waals surface area contributed by atoms with Crippen molar-refractivity contribution in [3.8, 4) is 5.75 Å². The number of hydrogen-bond donors (Lipinski definition) is 4. The van der Waals surface area contributed by atoms with Crippen LogP contribution in [0.1, 0.15) is 16.7 Å². The van der Waals surface area contributed by atoms with Gasteiger partial charge in [0.15, 0.2) is 6.54 Å². The molecule has 1 fully saturated rings. The van der Waals surface area contributed by atoms with E-state index in [0.717, 1.165) is 43.5 Å². The van der Waals surface area contributed by atoms with Gasteiger partial charge in [0.25, 0.3) is 5.91 Å². The molecule has 3 aromatic rings. The van der Waals surface area contributed by atoms with Gasteiger partial charge in [-0.2, -0.15) is 5.10 Å². The molecule has 3 aromatic carbocycles. The van der Waals surface area contributed by atoms with Crippen LogP contribution in [0.25, 0.3) is 10.8 Å². The largest absolute Gasteiger partial charge is 0.507 e. The average molecular weight is 419 g/mol. The Morgan fingerprint density at radius 1 is 1.00 bits per heavy atom. The minimum Gasteiger partial charge on any atom is -0.507 e. The van der Waals surface area contributed by atoms with Gasteiger partial charge in [0.1, 0.15) is 38.5 Å². The quantitative estimate of drug-likeness (QED) is 0.343. The number of nitrogens with one attached hydrogen (secondary N) is 3. The Morgan fingerprint density at radius 3 is 2.48 bits per heavy atom. The van der Waals surface area contributed by atoms with Crippen molar-refractivity contribution < 1.29 is 19.7 Å². The highest BCUT2D eigenvalue weighted by molar-refractivity contribution is 6.02. The van der Waals surface area contributed by atoms with Crippen molar-refractivity contribution in [2.24, 2.45) is 5.10 Å². The SMILES string of the molecule is Cc1ccc(C[NH+]2CC[NH+](CC(=O)N/N=C/c3c(O)ccc4ccccc34)CC2)cc1. The maximum Gasteiger partial charge on any atom is 0.295 e. The molecule has 31 heavy (non-hydrogen) atoms. The van der Waals surface area contributed by atoms with Crippen LogP contribution < -0.4 is 15.2 Å². The summed E-state index contributed by atoms with van der Waals surface area (Å²) < 4.78 is 0. The summed E-state index contributed by atoms with van der Waals surface area (Å²) in [5.41, 5.74) is 5.89. The van der Waals surface area contributed by atoms with E-state index in [2.05, 4.69) is 41.7 Å². The van der Waals surface area contributed by atoms with Crippen LogP contribution in [0.2, 0.25) is 0 Å². The number of aryl methyl sites for hydroxylation is 1. The summed E-state index contributed by atoms with van der Waals surface area (Å²) in [4.78, 5) is 15.2. The number of amides is 1. The van der Waals surface area contributed by atoms with E-state index in [1.807, 2.05) is 30.3 Å². The number of phenolic OH excluding ortho intramolecular Hbond substituents is 1. The molecule has 1 amide bonds. The molecule has 6 heteroatoms. The summed E-state index contributed by atoms with van der Waals surface area (Å²) in [6.07, 6.45) is 1.52. The standard InChI is InChI=1S/C25H28N4O2/c1-19-6-8-20(9-7-19)17-28-12-14-29(15-13-28)18-25(31)27-26-16-23-22-5-3-2-4-21(22)10-11-24(23)30/h2-11,16,30H,12-15,17-18H2,1H3,(H,27,31)/p+2/b26-16+. The maximum atomic E-state index is 12.3. The summed E-state index contributed by atoms with van der Waals surface area (Å²) in [7, 11) is 0. The molecular weight excluding hydrogens is 388 g/mol. The maximum absolute atomic E-state index is 12.3. The van der Waals surface area contributed by atoms with Crippen molar-refractivity contribution in [1.29, 1.82) is 0 Å². The first-order valence-corrected chi connectivity index (χ1v) is 10.8. The molecule has 4 N–H and O–H groups in total. The number of hydrogen-bond acceptors (Lipinski definition) is 3. The van der Waals surface area contributed by atoms with E-state index < -0.39 is 0 Å². The fourth-order valence-electron chi connectivity index (χ4n) is 4.16. The molecule has 160 valence electrons. The summed E-state index contributed by atoms with van der Waals surface area (Å²) in [5, 5.41) is 16.2. The highest BCUT2D eigenvalue weighted by atomic mass is 16.3. The van der Waals surface area contributed by atoms with E-state index in [4.69, 9.17) is 0 Å². The first-order valence-electron chi connectivity index (χ1n) is 10.8. The van der Waals surface area contributed by atoms with Crippen LogP contribution in [0.15, 0.2) is 65.8 Å². The number of phenols is 1. The van der Waals surface area contributed by atoms with Gasteiger partial charge in [0, 0.05) is 11.1 Å². The van der Waals surface area contributed by atoms with Gasteiger partial charge in [-0.1, -0.05) is 60.2 Å². The van der Waals surface area contributed by atoms with Crippen LogP contribution in [-0.4, -0.2) is 50.0 Å². The lowest BCUT2D eigenvalue weighted by Gasteiger charge is -2.29. The Labute approximate surface area is 182 Å². The minimum atomic E-state index is -0.104. The molecule has 6 nitrogen and oxygen atoms in total. The van der Waals surface area contributed by atoms with Crippen molar-refractivity contribution in [3.63, 3.8) is 0 Å². The summed E-state index contributed by atoms with van der Waals surface area (Å²) in [6, 6.07) is 20.0. The molecule has 0 unspecified atom stereocenters. The van der Waals surface area contributed by atoms with Gasteiger partial charge in [-0.25, -0.2) is 5.43 Å². The molecule has 0 aliphatic carbocycles. The normalized spacial score (nSPS) is 19.0. The molecule has 1 heterocycles. The van der Waals surface area contributed by atoms with E-state index in [-0.39, 0.29) is 11.7 Å². The van der Waals surface area contributed by atoms with Gasteiger partial charge < -0.3 is 14.9 Å². The van der Waals surface area contributed by atoms with Gasteiger partial charge in [-0.05, 0) is 23.8 Å². The number of nitrogens with zero attached hydrogens (tertiary/aromatic N) is 1. The number of hydrazone groups is 1. The van der Waals surface area contributed by atoms with Crippen LogP contribution in [0.5, 0.6) is 5.75 Å². The van der Waals surface area contributed by atoms with E-state index in [9.17, 15) is 9.90 Å². The lowest BCUT2D eigenvalue weighted by molar-refractivity contribution is -1.02. The van der Waals surface area contributed by atoms with E-state index >= 15 is 0 Å². The number of rotatable bonds is 6. The van der Waals surface area contributed by atoms with Gasteiger partial charge in [-0.15, -0.1) is 0 Å². The smallest absolute Gasteiger partial charge is 0.295 e. The number of carbonyl (C=O) groups is 1. The number of carbonyl (C=O) groups excluding carboxylic acids is 1. The Balaban J connectivity index is 1.26. The Morgan fingerprint density at radius 2 is 1.71 bits per heavy atom. The first kappa shape index (κ1) is 21.0. The van der Waals surface area contributed by atoms with Crippen molar-refractivity contribution >= 4 is 22.9 Å². The van der Waals surface area contributed by atoms with Gasteiger partial charge in [0.2, 0.25) is 0 Å². The molecule has 1 saturated heterocycles. The monoisotopic (exact) mass is 418 g/mol. The Hall–Kier alpha value is -3.22. The van der Waals surface area contributed by atoms with Crippen LogP contribution in [0.4, 0.5) is 0 Å². The number of quaternary nitrogens is 2. The van der Waals surface area contributed by atoms with Crippen LogP contribution in [0, 0.1) is 6.92 Å². The summed E-state index contributed by atoms with van der Waals surface area (Å²) in [6.45, 7) is 7.63. The van der Waals surface area contributed by atoms with E-state index in [1.165, 1.54) is 22.2 Å². The minimum absolute atomic E-state index is 0.104. The van der Waals surface area contributed by atoms with Crippen molar-refractivity contribution in [1.82, 2.24) is 5.43 Å². The second-order valence-corrected chi connectivity index (χ2v) is 8.35. The summed E-state index contributed by atoms with van der Waals surface area (Å²) >= 11 is 0. The molecule has 4 rings (SSSR count). The van der Waals surface area contributed by atoms with E-state index in [0.29, 0.717) is 12.1 Å². The Kier molecular flexibility index (Phi) is 6.60. The fraction of sp³-hybridized carbons (Fsp3) is 0.280. The molecule has 0 bridgehead atoms. The molecule has 0 saturated carbocycles. The third-order valence-corrected chi connectivity index (χ3v) is 5.98. The highest BCUT2D eigenvalue weighted by Gasteiger charge is 2.24. The molecule has 1 aliphatic rings. The number of aromatic hydroxyl groups is 1. The predicted octanol–water partition coefficient (Wildman–Crippen LogP) is 0.288. The van der Waals surface area contributed by atoms with Crippen LogP contribution in [-0.2, 0) is 11.3 Å². The van der Waals surface area contributed by atoms with Gasteiger partial charge in [-0.3, -0.25) is 4.79 Å². The Bertz CT molecular complexity index is 1070. The van der Waals surface area contributed by atoms with E-state index in [1.54, 1.807) is 11.0 Å².